The van der Waals surface area contributed by atoms with Gasteiger partial charge in [0.25, 0.3) is 5.91 Å². The maximum absolute atomic E-state index is 14.2. The van der Waals surface area contributed by atoms with E-state index in [1.807, 2.05) is 78.5 Å². The maximum atomic E-state index is 14.2. The summed E-state index contributed by atoms with van der Waals surface area (Å²) in [5.74, 6) is 0.553. The normalized spacial score (nSPS) is 16.5. The van der Waals surface area contributed by atoms with Gasteiger partial charge in [-0.3, -0.25) is 14.6 Å². The first-order chi connectivity index (χ1) is 20.2. The van der Waals surface area contributed by atoms with Crippen LogP contribution in [0.1, 0.15) is 34.5 Å². The molecule has 6 rings (SSSR count). The highest BCUT2D eigenvalue weighted by Crippen LogP contribution is 2.42. The summed E-state index contributed by atoms with van der Waals surface area (Å²) in [5.41, 5.74) is 3.05. The summed E-state index contributed by atoms with van der Waals surface area (Å²) in [7, 11) is 5.60. The van der Waals surface area contributed by atoms with E-state index >= 15 is 0 Å². The van der Waals surface area contributed by atoms with Crippen LogP contribution in [0.4, 0.5) is 20.2 Å². The van der Waals surface area contributed by atoms with Crippen molar-refractivity contribution in [2.24, 2.45) is 0 Å². The Hall–Kier alpha value is -4.21. The predicted octanol–water partition coefficient (Wildman–Crippen LogP) is 6.36. The average molecular weight is 573 g/mol. The molecule has 1 fully saturated rings. The first-order valence-electron chi connectivity index (χ1n) is 14.1. The lowest BCUT2D eigenvalue weighted by atomic mass is 9.88. The highest BCUT2D eigenvalue weighted by atomic mass is 19.2. The number of amides is 1. The van der Waals surface area contributed by atoms with Gasteiger partial charge in [-0.1, -0.05) is 12.1 Å². The number of likely N-dealkylation sites (tertiary alicyclic amines) is 1. The predicted molar refractivity (Wildman–Crippen MR) is 159 cm³/mol. The fourth-order valence-corrected chi connectivity index (χ4v) is 5.96. The van der Waals surface area contributed by atoms with Crippen LogP contribution in [0.3, 0.4) is 0 Å². The van der Waals surface area contributed by atoms with Gasteiger partial charge in [0.1, 0.15) is 22.9 Å². The number of methoxy groups -OCH3 is 1. The molecule has 0 bridgehead atoms. The van der Waals surface area contributed by atoms with Gasteiger partial charge in [-0.15, -0.1) is 0 Å². The van der Waals surface area contributed by atoms with Crippen molar-refractivity contribution in [2.45, 2.75) is 31.6 Å². The van der Waals surface area contributed by atoms with E-state index in [9.17, 15) is 13.6 Å². The van der Waals surface area contributed by atoms with E-state index < -0.39 is 17.3 Å². The zero-order chi connectivity index (χ0) is 29.4. The van der Waals surface area contributed by atoms with Gasteiger partial charge in [0, 0.05) is 49.4 Å². The number of benzene rings is 3. The highest BCUT2D eigenvalue weighted by molar-refractivity contribution is 6.13. The molecule has 218 valence electrons. The Balaban J connectivity index is 1.31. The lowest BCUT2D eigenvalue weighted by Gasteiger charge is -2.52. The number of ether oxygens (including phenoxy) is 1. The lowest BCUT2D eigenvalue weighted by molar-refractivity contribution is 0.0904. The smallest absolute Gasteiger partial charge is 0.262 e. The van der Waals surface area contributed by atoms with Crippen LogP contribution in [0.15, 0.2) is 77.2 Å². The third-order valence-electron chi connectivity index (χ3n) is 8.07. The molecular formula is C33H34F2N4O3. The van der Waals surface area contributed by atoms with E-state index in [0.717, 1.165) is 28.5 Å². The molecule has 1 amide bonds. The molecule has 9 heteroatoms. The van der Waals surface area contributed by atoms with E-state index in [4.69, 9.17) is 9.15 Å². The fourth-order valence-electron chi connectivity index (χ4n) is 5.96. The van der Waals surface area contributed by atoms with Crippen molar-refractivity contribution in [1.82, 2.24) is 9.80 Å². The van der Waals surface area contributed by atoms with Gasteiger partial charge < -0.3 is 19.4 Å². The van der Waals surface area contributed by atoms with E-state index in [2.05, 4.69) is 10.2 Å². The third kappa shape index (κ3) is 5.37. The van der Waals surface area contributed by atoms with Gasteiger partial charge in [-0.2, -0.15) is 0 Å². The zero-order valence-electron chi connectivity index (χ0n) is 24.0. The van der Waals surface area contributed by atoms with Crippen LogP contribution in [0.5, 0.6) is 5.75 Å². The maximum Gasteiger partial charge on any atom is 0.262 e. The summed E-state index contributed by atoms with van der Waals surface area (Å²) in [4.78, 5) is 20.3. The van der Waals surface area contributed by atoms with Crippen LogP contribution < -0.4 is 15.0 Å². The van der Waals surface area contributed by atoms with Crippen molar-refractivity contribution in [3.63, 3.8) is 0 Å². The minimum Gasteiger partial charge on any atom is -0.497 e. The number of rotatable bonds is 7. The highest BCUT2D eigenvalue weighted by Gasteiger charge is 2.47. The minimum absolute atomic E-state index is 0.0812. The van der Waals surface area contributed by atoms with Crippen LogP contribution in [0.25, 0.3) is 11.3 Å². The SMILES string of the molecule is COc1ccc(N2C(=O)c3ccc(-c4ccc(CN(C)C)o4)cc3NC23CCN(Cc2ccc(F)c(F)c2)CC3)cc1. The second-order valence-corrected chi connectivity index (χ2v) is 11.3. The molecule has 0 atom stereocenters. The molecule has 2 aliphatic heterocycles. The summed E-state index contributed by atoms with van der Waals surface area (Å²) < 4.78 is 38.8. The van der Waals surface area contributed by atoms with Gasteiger partial charge >= 0.3 is 0 Å². The quantitative estimate of drug-likeness (QED) is 0.278. The number of carbonyl (C=O) groups excluding carboxylic acids is 1. The molecule has 1 N–H and O–H groups in total. The van der Waals surface area contributed by atoms with Crippen molar-refractivity contribution in [3.05, 3.63) is 101 Å². The summed E-state index contributed by atoms with van der Waals surface area (Å²) in [6.45, 7) is 2.51. The Bertz CT molecular complexity index is 1590. The number of halogens is 2. The fraction of sp³-hybridized carbons (Fsp3) is 0.303. The third-order valence-corrected chi connectivity index (χ3v) is 8.07. The Morgan fingerprint density at radius 1 is 0.952 bits per heavy atom. The molecule has 1 saturated heterocycles. The molecule has 0 radical (unpaired) electrons. The van der Waals surface area contributed by atoms with Gasteiger partial charge in [0.05, 0.1) is 19.2 Å². The Morgan fingerprint density at radius 2 is 1.71 bits per heavy atom. The molecule has 42 heavy (non-hydrogen) atoms. The summed E-state index contributed by atoms with van der Waals surface area (Å²) in [5, 5.41) is 3.76. The molecule has 3 heterocycles. The van der Waals surface area contributed by atoms with Crippen LogP contribution >= 0.6 is 0 Å². The Morgan fingerprint density at radius 3 is 2.40 bits per heavy atom. The molecule has 4 aromatic rings. The number of hydrogen-bond acceptors (Lipinski definition) is 6. The lowest BCUT2D eigenvalue weighted by Crippen LogP contribution is -2.64. The number of fused-ring (bicyclic) bond motifs is 1. The molecule has 1 spiro atoms. The second-order valence-electron chi connectivity index (χ2n) is 11.3. The first kappa shape index (κ1) is 27.9. The topological polar surface area (TPSA) is 61.2 Å². The van der Waals surface area contributed by atoms with E-state index in [-0.39, 0.29) is 5.91 Å². The molecule has 1 aromatic heterocycles. The van der Waals surface area contributed by atoms with Crippen molar-refractivity contribution in [1.29, 1.82) is 0 Å². The standard InChI is InChI=1S/C33H34F2N4O3/c1-37(2)21-26-10-13-31(42-26)23-5-11-27-30(19-23)36-33(39(32(27)40)24-6-8-25(41-3)9-7-24)14-16-38(17-15-33)20-22-4-12-28(34)29(35)18-22/h4-13,18-19,36H,14-17,20-21H2,1-3H3. The van der Waals surface area contributed by atoms with Crippen LogP contribution in [-0.4, -0.2) is 55.7 Å². The molecule has 7 nitrogen and oxygen atoms in total. The van der Waals surface area contributed by atoms with E-state index in [0.29, 0.717) is 55.9 Å². The number of furan rings is 1. The molecule has 2 aliphatic rings. The monoisotopic (exact) mass is 572 g/mol. The van der Waals surface area contributed by atoms with Crippen LogP contribution in [0.2, 0.25) is 0 Å². The summed E-state index contributed by atoms with van der Waals surface area (Å²) in [6.07, 6.45) is 1.26. The first-order valence-corrected chi connectivity index (χ1v) is 14.1. The van der Waals surface area contributed by atoms with Gasteiger partial charge in [0.2, 0.25) is 0 Å². The number of hydrogen-bond donors (Lipinski definition) is 1. The molecule has 0 aliphatic carbocycles. The van der Waals surface area contributed by atoms with Crippen LogP contribution in [-0.2, 0) is 13.1 Å². The van der Waals surface area contributed by atoms with E-state index in [1.165, 1.54) is 12.1 Å². The number of nitrogens with one attached hydrogen (secondary N) is 1. The molecule has 3 aromatic carbocycles. The van der Waals surface area contributed by atoms with Crippen molar-refractivity contribution in [3.8, 4) is 17.1 Å². The number of piperidine rings is 1. The van der Waals surface area contributed by atoms with Crippen LogP contribution in [0, 0.1) is 11.6 Å². The Kier molecular flexibility index (Phi) is 7.47. The number of nitrogens with zero attached hydrogens (tertiary/aromatic N) is 3. The number of carbonyl (C=O) groups is 1. The largest absolute Gasteiger partial charge is 0.497 e. The van der Waals surface area contributed by atoms with Gasteiger partial charge in [-0.05, 0) is 80.3 Å². The van der Waals surface area contributed by atoms with Crippen molar-refractivity contribution >= 4 is 17.3 Å². The molecule has 0 unspecified atom stereocenters. The van der Waals surface area contributed by atoms with Crippen molar-refractivity contribution in [2.75, 3.05) is 44.5 Å². The minimum atomic E-state index is -0.849. The van der Waals surface area contributed by atoms with Gasteiger partial charge in [0.15, 0.2) is 11.6 Å². The van der Waals surface area contributed by atoms with Gasteiger partial charge in [-0.25, -0.2) is 8.78 Å². The van der Waals surface area contributed by atoms with E-state index in [1.54, 1.807) is 13.2 Å². The second kappa shape index (κ2) is 11.2. The Labute approximate surface area is 244 Å². The van der Waals surface area contributed by atoms with Crippen molar-refractivity contribution < 1.29 is 22.7 Å². The summed E-state index contributed by atoms with van der Waals surface area (Å²) >= 11 is 0. The molecular weight excluding hydrogens is 538 g/mol. The zero-order valence-corrected chi connectivity index (χ0v) is 24.0. The summed E-state index contributed by atoms with van der Waals surface area (Å²) in [6, 6.07) is 21.3. The average Bonchev–Trinajstić information content (AvgIpc) is 3.44. The number of anilines is 2. The molecule has 0 saturated carbocycles.